The Morgan fingerprint density at radius 3 is 1.36 bits per heavy atom. The minimum absolute atomic E-state index is 0.196. The van der Waals surface area contributed by atoms with Crippen molar-refractivity contribution in [2.45, 2.75) is 13.8 Å². The second-order valence-electron chi connectivity index (χ2n) is 9.95. The van der Waals surface area contributed by atoms with Gasteiger partial charge in [0.15, 0.2) is 0 Å². The topological polar surface area (TPSA) is 78.9 Å². The molecule has 0 aliphatic carbocycles. The van der Waals surface area contributed by atoms with Crippen LogP contribution in [0.15, 0.2) is 106 Å². The Labute approximate surface area is 241 Å². The van der Waals surface area contributed by atoms with Gasteiger partial charge in [-0.05, 0) is 38.1 Å². The molecule has 0 radical (unpaired) electrons. The fourth-order valence-electron chi connectivity index (χ4n) is 5.72. The van der Waals surface area contributed by atoms with Crippen molar-refractivity contribution in [2.75, 3.05) is 13.2 Å². The lowest BCUT2D eigenvalue weighted by Gasteiger charge is -2.16. The van der Waals surface area contributed by atoms with E-state index in [0.717, 1.165) is 32.7 Å². The van der Waals surface area contributed by atoms with E-state index in [4.69, 9.17) is 18.3 Å². The summed E-state index contributed by atoms with van der Waals surface area (Å²) < 4.78 is 23.7. The Hall–Kier alpha value is -5.36. The van der Waals surface area contributed by atoms with Crippen LogP contribution < -0.4 is 0 Å². The fraction of sp³-hybridized carbons (Fsp3) is 0.111. The molecule has 0 saturated heterocycles. The van der Waals surface area contributed by atoms with E-state index in [0.29, 0.717) is 44.5 Å². The zero-order valence-electron chi connectivity index (χ0n) is 23.1. The van der Waals surface area contributed by atoms with Crippen LogP contribution in [0.25, 0.3) is 66.1 Å². The van der Waals surface area contributed by atoms with E-state index in [-0.39, 0.29) is 13.2 Å². The Kier molecular flexibility index (Phi) is 6.24. The van der Waals surface area contributed by atoms with Crippen LogP contribution in [0.3, 0.4) is 0 Å². The molecule has 5 aromatic carbocycles. The predicted octanol–water partition coefficient (Wildman–Crippen LogP) is 9.17. The zero-order valence-corrected chi connectivity index (χ0v) is 23.1. The van der Waals surface area contributed by atoms with E-state index in [1.54, 1.807) is 26.0 Å². The zero-order chi connectivity index (χ0) is 28.8. The molecule has 0 bridgehead atoms. The lowest BCUT2D eigenvalue weighted by molar-refractivity contribution is 0.0513. The maximum atomic E-state index is 13.5. The lowest BCUT2D eigenvalue weighted by Crippen LogP contribution is -2.12. The van der Waals surface area contributed by atoms with Gasteiger partial charge in [0.25, 0.3) is 0 Å². The number of esters is 2. The Morgan fingerprint density at radius 1 is 0.524 bits per heavy atom. The summed E-state index contributed by atoms with van der Waals surface area (Å²) in [5, 5.41) is 3.75. The highest BCUT2D eigenvalue weighted by atomic mass is 16.5. The normalized spacial score (nSPS) is 11.5. The first kappa shape index (κ1) is 25.6. The second-order valence-corrected chi connectivity index (χ2v) is 9.95. The Bertz CT molecular complexity index is 2010. The van der Waals surface area contributed by atoms with Crippen LogP contribution in [-0.4, -0.2) is 25.2 Å². The molecule has 0 N–H and O–H groups in total. The van der Waals surface area contributed by atoms with Gasteiger partial charge in [-0.25, -0.2) is 9.59 Å². The smallest absolute Gasteiger partial charge is 0.338 e. The average molecular weight is 555 g/mol. The van der Waals surface area contributed by atoms with Crippen molar-refractivity contribution in [3.63, 3.8) is 0 Å². The van der Waals surface area contributed by atoms with Crippen molar-refractivity contribution >= 4 is 55.8 Å². The molecule has 0 aliphatic rings. The van der Waals surface area contributed by atoms with Gasteiger partial charge in [0, 0.05) is 43.8 Å². The van der Waals surface area contributed by atoms with Crippen LogP contribution in [-0.2, 0) is 9.47 Å². The molecular formula is C36H26O6. The third-order valence-corrected chi connectivity index (χ3v) is 7.54. The highest BCUT2D eigenvalue weighted by Gasteiger charge is 2.26. The molecule has 0 fully saturated rings. The van der Waals surface area contributed by atoms with E-state index in [1.165, 1.54) is 0 Å². The molecule has 0 unspecified atom stereocenters. The first-order valence-corrected chi connectivity index (χ1v) is 13.9. The van der Waals surface area contributed by atoms with Crippen molar-refractivity contribution in [1.82, 2.24) is 0 Å². The minimum Gasteiger partial charge on any atom is -0.462 e. The number of hydrogen-bond acceptors (Lipinski definition) is 6. The molecule has 7 aromatic rings. The van der Waals surface area contributed by atoms with Crippen molar-refractivity contribution in [3.8, 4) is 22.3 Å². The van der Waals surface area contributed by atoms with Gasteiger partial charge in [-0.1, -0.05) is 72.8 Å². The molecular weight excluding hydrogens is 528 g/mol. The van der Waals surface area contributed by atoms with Gasteiger partial charge < -0.3 is 18.3 Å². The number of benzene rings is 5. The number of fused-ring (bicyclic) bond motifs is 6. The van der Waals surface area contributed by atoms with Gasteiger partial charge in [0.05, 0.1) is 24.3 Å². The van der Waals surface area contributed by atoms with Crippen LogP contribution in [0.4, 0.5) is 0 Å². The number of hydrogen-bond donors (Lipinski definition) is 0. The van der Waals surface area contributed by atoms with Crippen LogP contribution in [0.2, 0.25) is 0 Å². The van der Waals surface area contributed by atoms with Crippen LogP contribution >= 0.6 is 0 Å². The summed E-state index contributed by atoms with van der Waals surface area (Å²) in [5.41, 5.74) is 5.69. The van der Waals surface area contributed by atoms with Crippen LogP contribution in [0.5, 0.6) is 0 Å². The summed E-state index contributed by atoms with van der Waals surface area (Å²) in [6.45, 7) is 3.92. The lowest BCUT2D eigenvalue weighted by atomic mass is 9.89. The summed E-state index contributed by atoms with van der Waals surface area (Å²) in [4.78, 5) is 27.1. The van der Waals surface area contributed by atoms with Gasteiger partial charge in [0.1, 0.15) is 22.3 Å². The molecule has 7 rings (SSSR count). The second kappa shape index (κ2) is 10.2. The standard InChI is InChI=1S/C36H26O6/c1-3-39-35(37)29-19-28(26-16-10-14-24-22-12-6-8-18-32(22)42-34(24)26)30(36(38)40-4-2)20-27(29)25-15-9-13-23-21-11-5-7-17-31(21)41-33(23)25/h5-20H,3-4H2,1-2H3. The number of para-hydroxylation sites is 4. The van der Waals surface area contributed by atoms with Crippen molar-refractivity contribution < 1.29 is 27.9 Å². The molecule has 0 amide bonds. The molecule has 6 heteroatoms. The maximum absolute atomic E-state index is 13.5. The first-order chi connectivity index (χ1) is 20.6. The first-order valence-electron chi connectivity index (χ1n) is 13.9. The number of carbonyl (C=O) groups excluding carboxylic acids is 2. The van der Waals surface area contributed by atoms with Gasteiger partial charge in [0.2, 0.25) is 0 Å². The van der Waals surface area contributed by atoms with Crippen molar-refractivity contribution in [2.24, 2.45) is 0 Å². The van der Waals surface area contributed by atoms with E-state index in [1.807, 2.05) is 84.9 Å². The number of carbonyl (C=O) groups is 2. The largest absolute Gasteiger partial charge is 0.462 e. The van der Waals surface area contributed by atoms with Gasteiger partial charge in [-0.3, -0.25) is 0 Å². The minimum atomic E-state index is -0.506. The molecule has 6 nitrogen and oxygen atoms in total. The highest BCUT2D eigenvalue weighted by molar-refractivity contribution is 6.15. The molecule has 206 valence electrons. The Morgan fingerprint density at radius 2 is 0.929 bits per heavy atom. The number of ether oxygens (including phenoxy) is 2. The van der Waals surface area contributed by atoms with Crippen LogP contribution in [0, 0.1) is 0 Å². The molecule has 0 atom stereocenters. The highest BCUT2D eigenvalue weighted by Crippen LogP contribution is 2.42. The van der Waals surface area contributed by atoms with Gasteiger partial charge >= 0.3 is 11.9 Å². The summed E-state index contributed by atoms with van der Waals surface area (Å²) in [7, 11) is 0. The number of rotatable bonds is 6. The average Bonchev–Trinajstić information content (AvgIpc) is 3.59. The predicted molar refractivity (Wildman–Crippen MR) is 164 cm³/mol. The summed E-state index contributed by atoms with van der Waals surface area (Å²) >= 11 is 0. The summed E-state index contributed by atoms with van der Waals surface area (Å²) in [6, 6.07) is 30.6. The molecule has 0 saturated carbocycles. The molecule has 2 aromatic heterocycles. The van der Waals surface area contributed by atoms with Crippen molar-refractivity contribution in [1.29, 1.82) is 0 Å². The van der Waals surface area contributed by atoms with E-state index in [9.17, 15) is 9.59 Å². The van der Waals surface area contributed by atoms with Gasteiger partial charge in [-0.2, -0.15) is 0 Å². The molecule has 0 spiro atoms. The fourth-order valence-corrected chi connectivity index (χ4v) is 5.72. The van der Waals surface area contributed by atoms with E-state index < -0.39 is 11.9 Å². The SMILES string of the molecule is CCOC(=O)c1cc(-c2cccc3c2oc2ccccc23)c(C(=O)OCC)cc1-c1cccc2c1oc1ccccc12. The quantitative estimate of drug-likeness (QED) is 0.191. The molecule has 42 heavy (non-hydrogen) atoms. The maximum Gasteiger partial charge on any atom is 0.338 e. The summed E-state index contributed by atoms with van der Waals surface area (Å²) in [5.74, 6) is -1.01. The molecule has 0 aliphatic heterocycles. The van der Waals surface area contributed by atoms with Gasteiger partial charge in [-0.15, -0.1) is 0 Å². The van der Waals surface area contributed by atoms with Crippen molar-refractivity contribution in [3.05, 3.63) is 108 Å². The Balaban J connectivity index is 1.56. The third-order valence-electron chi connectivity index (χ3n) is 7.54. The third kappa shape index (κ3) is 4.03. The monoisotopic (exact) mass is 554 g/mol. The van der Waals surface area contributed by atoms with E-state index in [2.05, 4.69) is 0 Å². The summed E-state index contributed by atoms with van der Waals surface area (Å²) in [6.07, 6.45) is 0. The molecule has 2 heterocycles. The van der Waals surface area contributed by atoms with E-state index >= 15 is 0 Å². The van der Waals surface area contributed by atoms with Crippen LogP contribution in [0.1, 0.15) is 34.6 Å². The number of furan rings is 2.